The van der Waals surface area contributed by atoms with E-state index in [1.54, 1.807) is 0 Å². The molecule has 1 N–H and O–H groups in total. The minimum Gasteiger partial charge on any atom is -0.352 e. The van der Waals surface area contributed by atoms with E-state index in [-0.39, 0.29) is 0 Å². The predicted molar refractivity (Wildman–Crippen MR) is 57.9 cm³/mol. The summed E-state index contributed by atoms with van der Waals surface area (Å²) in [5.74, 6) is 0. The summed E-state index contributed by atoms with van der Waals surface area (Å²) >= 11 is 0. The largest absolute Gasteiger partial charge is 0.352 e. The summed E-state index contributed by atoms with van der Waals surface area (Å²) in [5, 5.41) is 1.19. The summed E-state index contributed by atoms with van der Waals surface area (Å²) in [6, 6.07) is 4.16. The van der Waals surface area contributed by atoms with Gasteiger partial charge in [0.15, 0.2) is 6.29 Å². The second-order valence-electron chi connectivity index (χ2n) is 3.73. The summed E-state index contributed by atoms with van der Waals surface area (Å²) in [6.45, 7) is 6.10. The van der Waals surface area contributed by atoms with Gasteiger partial charge in [0.05, 0.1) is 5.69 Å². The third-order valence-corrected chi connectivity index (χ3v) is 2.78. The minimum atomic E-state index is 0.692. The van der Waals surface area contributed by atoms with Gasteiger partial charge in [-0.25, -0.2) is 0 Å². The van der Waals surface area contributed by atoms with Crippen LogP contribution >= 0.6 is 0 Å². The Hall–Kier alpha value is -1.57. The van der Waals surface area contributed by atoms with Gasteiger partial charge in [-0.2, -0.15) is 0 Å². The molecule has 0 saturated heterocycles. The lowest BCUT2D eigenvalue weighted by molar-refractivity contribution is 0.111. The molecule has 2 nitrogen and oxygen atoms in total. The molecule has 72 valence electrons. The van der Waals surface area contributed by atoms with Gasteiger partial charge in [-0.3, -0.25) is 4.79 Å². The molecule has 0 unspecified atom stereocenters. The standard InChI is InChI=1S/C12H13NO/c1-7-4-5-8(2)12-11(7)9(3)10(6-14)13-12/h4-6,13H,1-3H3. The van der Waals surface area contributed by atoms with Crippen LogP contribution < -0.4 is 0 Å². The minimum absolute atomic E-state index is 0.692. The topological polar surface area (TPSA) is 32.9 Å². The zero-order chi connectivity index (χ0) is 10.3. The number of H-pyrrole nitrogens is 1. The van der Waals surface area contributed by atoms with E-state index in [9.17, 15) is 4.79 Å². The van der Waals surface area contributed by atoms with Gasteiger partial charge in [0.25, 0.3) is 0 Å². The summed E-state index contributed by atoms with van der Waals surface area (Å²) < 4.78 is 0. The number of hydrogen-bond acceptors (Lipinski definition) is 1. The van der Waals surface area contributed by atoms with Crippen molar-refractivity contribution in [2.75, 3.05) is 0 Å². The number of benzene rings is 1. The second-order valence-corrected chi connectivity index (χ2v) is 3.73. The number of aromatic nitrogens is 1. The molecule has 1 aromatic heterocycles. The molecule has 0 fully saturated rings. The Balaban J connectivity index is 2.97. The van der Waals surface area contributed by atoms with Gasteiger partial charge in [0, 0.05) is 10.9 Å². The molecule has 0 aliphatic heterocycles. The molecular formula is C12H13NO. The van der Waals surface area contributed by atoms with Gasteiger partial charge >= 0.3 is 0 Å². The first kappa shape index (κ1) is 9.00. The zero-order valence-corrected chi connectivity index (χ0v) is 8.64. The maximum atomic E-state index is 10.8. The van der Waals surface area contributed by atoms with E-state index in [2.05, 4.69) is 24.0 Å². The molecule has 1 heterocycles. The van der Waals surface area contributed by atoms with Crippen molar-refractivity contribution in [3.63, 3.8) is 0 Å². The molecule has 2 heteroatoms. The summed E-state index contributed by atoms with van der Waals surface area (Å²) in [4.78, 5) is 13.9. The number of hydrogen-bond donors (Lipinski definition) is 1. The van der Waals surface area contributed by atoms with Crippen molar-refractivity contribution in [2.24, 2.45) is 0 Å². The van der Waals surface area contributed by atoms with E-state index in [1.165, 1.54) is 16.5 Å². The van der Waals surface area contributed by atoms with Crippen LogP contribution in [0.5, 0.6) is 0 Å². The van der Waals surface area contributed by atoms with Crippen LogP contribution in [0.25, 0.3) is 10.9 Å². The van der Waals surface area contributed by atoms with Crippen LogP contribution in [-0.2, 0) is 0 Å². The quantitative estimate of drug-likeness (QED) is 0.684. The van der Waals surface area contributed by atoms with Gasteiger partial charge in [-0.05, 0) is 37.5 Å². The Kier molecular flexibility index (Phi) is 1.92. The first-order valence-electron chi connectivity index (χ1n) is 4.69. The third-order valence-electron chi connectivity index (χ3n) is 2.78. The van der Waals surface area contributed by atoms with Crippen molar-refractivity contribution in [1.29, 1.82) is 0 Å². The molecule has 0 atom stereocenters. The van der Waals surface area contributed by atoms with Crippen molar-refractivity contribution < 1.29 is 4.79 Å². The lowest BCUT2D eigenvalue weighted by atomic mass is 10.0. The SMILES string of the molecule is Cc1ccc(C)c2c(C)c(C=O)[nH]c12. The van der Waals surface area contributed by atoms with Gasteiger partial charge in [0.1, 0.15) is 0 Å². The lowest BCUT2D eigenvalue weighted by Gasteiger charge is -2.00. The van der Waals surface area contributed by atoms with Crippen LogP contribution in [0, 0.1) is 20.8 Å². The maximum Gasteiger partial charge on any atom is 0.166 e. The number of carbonyl (C=O) groups is 1. The van der Waals surface area contributed by atoms with Crippen LogP contribution in [0.1, 0.15) is 27.2 Å². The molecule has 0 saturated carbocycles. The number of aldehydes is 1. The fourth-order valence-electron chi connectivity index (χ4n) is 1.94. The number of nitrogens with one attached hydrogen (secondary N) is 1. The molecule has 0 aliphatic rings. The second kappa shape index (κ2) is 2.98. The molecule has 0 aliphatic carbocycles. The molecule has 0 bridgehead atoms. The normalized spacial score (nSPS) is 10.8. The average Bonchev–Trinajstić information content (AvgIpc) is 2.51. The first-order chi connectivity index (χ1) is 6.65. The molecule has 1 aromatic carbocycles. The molecule has 2 aromatic rings. The van der Waals surface area contributed by atoms with Crippen molar-refractivity contribution in [3.05, 3.63) is 34.5 Å². The average molecular weight is 187 g/mol. The molecule has 0 spiro atoms. The Morgan fingerprint density at radius 3 is 2.36 bits per heavy atom. The highest BCUT2D eigenvalue weighted by Gasteiger charge is 2.10. The first-order valence-corrected chi connectivity index (χ1v) is 4.69. The lowest BCUT2D eigenvalue weighted by Crippen LogP contribution is -1.81. The summed E-state index contributed by atoms with van der Waals surface area (Å²) in [7, 11) is 0. The maximum absolute atomic E-state index is 10.8. The Morgan fingerprint density at radius 2 is 1.79 bits per heavy atom. The van der Waals surface area contributed by atoms with E-state index in [1.807, 2.05) is 13.8 Å². The molecular weight excluding hydrogens is 174 g/mol. The van der Waals surface area contributed by atoms with Crippen LogP contribution in [-0.4, -0.2) is 11.3 Å². The Bertz CT molecular complexity index is 509. The van der Waals surface area contributed by atoms with Gasteiger partial charge in [0.2, 0.25) is 0 Å². The summed E-state index contributed by atoms with van der Waals surface area (Å²) in [5.41, 5.74) is 5.23. The van der Waals surface area contributed by atoms with Crippen LogP contribution in [0.4, 0.5) is 0 Å². The van der Waals surface area contributed by atoms with E-state index in [4.69, 9.17) is 0 Å². The van der Waals surface area contributed by atoms with Crippen LogP contribution in [0.3, 0.4) is 0 Å². The van der Waals surface area contributed by atoms with E-state index >= 15 is 0 Å². The number of fused-ring (bicyclic) bond motifs is 1. The highest BCUT2D eigenvalue weighted by Crippen LogP contribution is 2.26. The number of rotatable bonds is 1. The Labute approximate surface area is 82.9 Å². The number of aryl methyl sites for hydroxylation is 3. The van der Waals surface area contributed by atoms with E-state index in [0.29, 0.717) is 5.69 Å². The van der Waals surface area contributed by atoms with Gasteiger partial charge < -0.3 is 4.98 Å². The molecule has 14 heavy (non-hydrogen) atoms. The fraction of sp³-hybridized carbons (Fsp3) is 0.250. The molecule has 2 rings (SSSR count). The van der Waals surface area contributed by atoms with Crippen molar-refractivity contribution in [3.8, 4) is 0 Å². The molecule has 0 amide bonds. The number of carbonyl (C=O) groups excluding carboxylic acids is 1. The zero-order valence-electron chi connectivity index (χ0n) is 8.64. The van der Waals surface area contributed by atoms with E-state index < -0.39 is 0 Å². The monoisotopic (exact) mass is 187 g/mol. The van der Waals surface area contributed by atoms with Crippen molar-refractivity contribution in [2.45, 2.75) is 20.8 Å². The van der Waals surface area contributed by atoms with Crippen LogP contribution in [0.15, 0.2) is 12.1 Å². The molecule has 0 radical (unpaired) electrons. The summed E-state index contributed by atoms with van der Waals surface area (Å²) in [6.07, 6.45) is 0.883. The highest BCUT2D eigenvalue weighted by molar-refractivity contribution is 5.95. The smallest absolute Gasteiger partial charge is 0.166 e. The van der Waals surface area contributed by atoms with Crippen molar-refractivity contribution >= 4 is 17.2 Å². The predicted octanol–water partition coefficient (Wildman–Crippen LogP) is 2.91. The van der Waals surface area contributed by atoms with E-state index in [0.717, 1.165) is 17.4 Å². The van der Waals surface area contributed by atoms with Gasteiger partial charge in [-0.15, -0.1) is 0 Å². The highest BCUT2D eigenvalue weighted by atomic mass is 16.1. The Morgan fingerprint density at radius 1 is 1.14 bits per heavy atom. The van der Waals surface area contributed by atoms with Crippen molar-refractivity contribution in [1.82, 2.24) is 4.98 Å². The third kappa shape index (κ3) is 1.07. The fourth-order valence-corrected chi connectivity index (χ4v) is 1.94. The number of aromatic amines is 1. The van der Waals surface area contributed by atoms with Crippen LogP contribution in [0.2, 0.25) is 0 Å². The van der Waals surface area contributed by atoms with Gasteiger partial charge in [-0.1, -0.05) is 12.1 Å².